The number of benzene rings is 1. The van der Waals surface area contributed by atoms with Gasteiger partial charge in [-0.3, -0.25) is 0 Å². The zero-order chi connectivity index (χ0) is 14.7. The molecule has 116 valence electrons. The number of ether oxygens (including phenoxy) is 2. The Hall–Kier alpha value is -1.30. The molecular formula is C16H24N2O3. The highest BCUT2D eigenvalue weighted by Gasteiger charge is 2.20. The summed E-state index contributed by atoms with van der Waals surface area (Å²) in [5, 5.41) is 13.7. The summed E-state index contributed by atoms with van der Waals surface area (Å²) >= 11 is 0. The summed E-state index contributed by atoms with van der Waals surface area (Å²) in [5.41, 5.74) is 0.871. The Balaban J connectivity index is 1.49. The van der Waals surface area contributed by atoms with Crippen LogP contribution in [0, 0.1) is 5.92 Å². The van der Waals surface area contributed by atoms with Crippen LogP contribution in [0.15, 0.2) is 18.2 Å². The number of nitrogens with zero attached hydrogens (tertiary/aromatic N) is 1. The standard InChI is InChI=1S/C16H24N2O3/c1-18-5-4-12(11-18)9-17-10-14(19)13-2-3-15-16(8-13)21-7-6-20-15/h2-3,8,12,14,17,19H,4-7,9-11H2,1H3. The predicted octanol–water partition coefficient (Wildman–Crippen LogP) is 1.03. The minimum absolute atomic E-state index is 0.514. The molecule has 1 aromatic rings. The lowest BCUT2D eigenvalue weighted by atomic mass is 10.1. The van der Waals surface area contributed by atoms with Crippen LogP contribution in [0.25, 0.3) is 0 Å². The van der Waals surface area contributed by atoms with Crippen molar-refractivity contribution in [3.05, 3.63) is 23.8 Å². The molecule has 0 spiro atoms. The number of nitrogens with one attached hydrogen (secondary N) is 1. The topological polar surface area (TPSA) is 54.0 Å². The molecular weight excluding hydrogens is 268 g/mol. The van der Waals surface area contributed by atoms with Crippen LogP contribution in [0.5, 0.6) is 11.5 Å². The molecule has 2 N–H and O–H groups in total. The average Bonchev–Trinajstić information content (AvgIpc) is 2.92. The molecule has 0 aliphatic carbocycles. The van der Waals surface area contributed by atoms with Crippen molar-refractivity contribution in [1.29, 1.82) is 0 Å². The van der Waals surface area contributed by atoms with E-state index in [0.29, 0.717) is 25.7 Å². The molecule has 5 heteroatoms. The zero-order valence-electron chi connectivity index (χ0n) is 12.5. The minimum Gasteiger partial charge on any atom is -0.486 e. The van der Waals surface area contributed by atoms with Gasteiger partial charge in [0.15, 0.2) is 11.5 Å². The van der Waals surface area contributed by atoms with Gasteiger partial charge in [-0.1, -0.05) is 6.07 Å². The Morgan fingerprint density at radius 2 is 2.14 bits per heavy atom. The Kier molecular flexibility index (Phi) is 4.63. The Labute approximate surface area is 125 Å². The number of rotatable bonds is 5. The summed E-state index contributed by atoms with van der Waals surface area (Å²) in [7, 11) is 2.16. The van der Waals surface area contributed by atoms with Crippen LogP contribution >= 0.6 is 0 Å². The maximum Gasteiger partial charge on any atom is 0.161 e. The Morgan fingerprint density at radius 1 is 1.33 bits per heavy atom. The monoisotopic (exact) mass is 292 g/mol. The van der Waals surface area contributed by atoms with Gasteiger partial charge in [0, 0.05) is 13.1 Å². The average molecular weight is 292 g/mol. The lowest BCUT2D eigenvalue weighted by Crippen LogP contribution is -2.28. The van der Waals surface area contributed by atoms with Gasteiger partial charge in [0.05, 0.1) is 6.10 Å². The van der Waals surface area contributed by atoms with Crippen LogP contribution in [0.3, 0.4) is 0 Å². The highest BCUT2D eigenvalue weighted by atomic mass is 16.6. The van der Waals surface area contributed by atoms with Gasteiger partial charge in [-0.15, -0.1) is 0 Å². The second-order valence-corrected chi connectivity index (χ2v) is 5.99. The van der Waals surface area contributed by atoms with Crippen molar-refractivity contribution in [2.75, 3.05) is 46.4 Å². The molecule has 1 aromatic carbocycles. The van der Waals surface area contributed by atoms with E-state index in [1.54, 1.807) is 0 Å². The highest BCUT2D eigenvalue weighted by molar-refractivity contribution is 5.44. The van der Waals surface area contributed by atoms with Gasteiger partial charge in [-0.2, -0.15) is 0 Å². The first kappa shape index (κ1) is 14.6. The largest absolute Gasteiger partial charge is 0.486 e. The fourth-order valence-electron chi connectivity index (χ4n) is 3.00. The van der Waals surface area contributed by atoms with Crippen LogP contribution in [-0.2, 0) is 0 Å². The van der Waals surface area contributed by atoms with Crippen molar-refractivity contribution < 1.29 is 14.6 Å². The molecule has 2 aliphatic heterocycles. The smallest absolute Gasteiger partial charge is 0.161 e. The molecule has 21 heavy (non-hydrogen) atoms. The third-order valence-corrected chi connectivity index (χ3v) is 4.21. The van der Waals surface area contributed by atoms with Crippen molar-refractivity contribution in [2.24, 2.45) is 5.92 Å². The molecule has 0 aromatic heterocycles. The summed E-state index contributed by atoms with van der Waals surface area (Å²) < 4.78 is 11.0. The molecule has 2 heterocycles. The fourth-order valence-corrected chi connectivity index (χ4v) is 3.00. The third kappa shape index (κ3) is 3.67. The van der Waals surface area contributed by atoms with Gasteiger partial charge in [0.2, 0.25) is 0 Å². The molecule has 1 fully saturated rings. The molecule has 2 unspecified atom stereocenters. The SMILES string of the molecule is CN1CCC(CNCC(O)c2ccc3c(c2)OCCO3)C1. The maximum atomic E-state index is 10.3. The minimum atomic E-state index is -0.514. The summed E-state index contributed by atoms with van der Waals surface area (Å²) in [5.74, 6) is 2.19. The molecule has 0 saturated carbocycles. The Morgan fingerprint density at radius 3 is 2.90 bits per heavy atom. The maximum absolute atomic E-state index is 10.3. The molecule has 0 radical (unpaired) electrons. The number of likely N-dealkylation sites (tertiary alicyclic amines) is 1. The fraction of sp³-hybridized carbons (Fsp3) is 0.625. The van der Waals surface area contributed by atoms with E-state index in [4.69, 9.17) is 9.47 Å². The number of hydrogen-bond donors (Lipinski definition) is 2. The lowest BCUT2D eigenvalue weighted by molar-refractivity contribution is 0.162. The lowest BCUT2D eigenvalue weighted by Gasteiger charge is -2.20. The van der Waals surface area contributed by atoms with Gasteiger partial charge in [-0.05, 0) is 50.2 Å². The van der Waals surface area contributed by atoms with Crippen LogP contribution in [0.2, 0.25) is 0 Å². The normalized spacial score (nSPS) is 23.2. The molecule has 2 atom stereocenters. The van der Waals surface area contributed by atoms with E-state index in [2.05, 4.69) is 17.3 Å². The molecule has 5 nitrogen and oxygen atoms in total. The molecule has 1 saturated heterocycles. The number of aliphatic hydroxyl groups is 1. The van der Waals surface area contributed by atoms with Crippen molar-refractivity contribution in [3.8, 4) is 11.5 Å². The van der Waals surface area contributed by atoms with Crippen LogP contribution in [-0.4, -0.2) is 56.4 Å². The first-order valence-electron chi connectivity index (χ1n) is 7.69. The van der Waals surface area contributed by atoms with E-state index < -0.39 is 6.10 Å². The first-order valence-corrected chi connectivity index (χ1v) is 7.69. The molecule has 0 amide bonds. The van der Waals surface area contributed by atoms with E-state index in [9.17, 15) is 5.11 Å². The molecule has 0 bridgehead atoms. The van der Waals surface area contributed by atoms with E-state index >= 15 is 0 Å². The van der Waals surface area contributed by atoms with Crippen molar-refractivity contribution in [2.45, 2.75) is 12.5 Å². The molecule has 3 rings (SSSR count). The molecule has 2 aliphatic rings. The van der Waals surface area contributed by atoms with E-state index in [-0.39, 0.29) is 0 Å². The quantitative estimate of drug-likeness (QED) is 0.849. The third-order valence-electron chi connectivity index (χ3n) is 4.21. The first-order chi connectivity index (χ1) is 10.2. The van der Waals surface area contributed by atoms with Crippen molar-refractivity contribution in [3.63, 3.8) is 0 Å². The zero-order valence-corrected chi connectivity index (χ0v) is 12.5. The number of fused-ring (bicyclic) bond motifs is 1. The van der Waals surface area contributed by atoms with E-state index in [0.717, 1.165) is 30.2 Å². The van der Waals surface area contributed by atoms with E-state index in [1.807, 2.05) is 18.2 Å². The second kappa shape index (κ2) is 6.64. The van der Waals surface area contributed by atoms with Gasteiger partial charge in [0.1, 0.15) is 13.2 Å². The predicted molar refractivity (Wildman–Crippen MR) is 80.9 cm³/mol. The van der Waals surface area contributed by atoms with Crippen LogP contribution in [0.4, 0.5) is 0 Å². The summed E-state index contributed by atoms with van der Waals surface area (Å²) in [6.07, 6.45) is 0.726. The summed E-state index contributed by atoms with van der Waals surface area (Å²) in [6, 6.07) is 5.66. The summed E-state index contributed by atoms with van der Waals surface area (Å²) in [6.45, 7) is 5.02. The van der Waals surface area contributed by atoms with Gasteiger partial charge < -0.3 is 24.8 Å². The van der Waals surface area contributed by atoms with Crippen LogP contribution in [0.1, 0.15) is 18.1 Å². The highest BCUT2D eigenvalue weighted by Crippen LogP contribution is 2.32. The van der Waals surface area contributed by atoms with Gasteiger partial charge >= 0.3 is 0 Å². The summed E-state index contributed by atoms with van der Waals surface area (Å²) in [4.78, 5) is 2.35. The van der Waals surface area contributed by atoms with Crippen LogP contribution < -0.4 is 14.8 Å². The Bertz CT molecular complexity index is 481. The number of aliphatic hydroxyl groups excluding tert-OH is 1. The van der Waals surface area contributed by atoms with Crippen molar-refractivity contribution >= 4 is 0 Å². The number of hydrogen-bond acceptors (Lipinski definition) is 5. The second-order valence-electron chi connectivity index (χ2n) is 5.99. The van der Waals surface area contributed by atoms with Crippen molar-refractivity contribution in [1.82, 2.24) is 10.2 Å². The van der Waals surface area contributed by atoms with Gasteiger partial charge in [0.25, 0.3) is 0 Å². The van der Waals surface area contributed by atoms with Gasteiger partial charge in [-0.25, -0.2) is 0 Å². The van der Waals surface area contributed by atoms with E-state index in [1.165, 1.54) is 13.0 Å².